The van der Waals surface area contributed by atoms with E-state index in [1.54, 1.807) is 18.4 Å². The van der Waals surface area contributed by atoms with Gasteiger partial charge in [0, 0.05) is 18.7 Å². The molecule has 2 aromatic carbocycles. The number of amides is 1. The molecule has 1 amide bonds. The minimum atomic E-state index is -0.234. The minimum absolute atomic E-state index is 0.0309. The van der Waals surface area contributed by atoms with Crippen LogP contribution in [-0.4, -0.2) is 36.8 Å². The van der Waals surface area contributed by atoms with Crippen LogP contribution in [0.2, 0.25) is 0 Å². The Morgan fingerprint density at radius 3 is 2.73 bits per heavy atom. The van der Waals surface area contributed by atoms with E-state index in [-0.39, 0.29) is 11.9 Å². The maximum absolute atomic E-state index is 13.3. The second-order valence-electron chi connectivity index (χ2n) is 7.55. The van der Waals surface area contributed by atoms with Crippen LogP contribution < -0.4 is 9.64 Å². The minimum Gasteiger partial charge on any atom is -0.497 e. The zero-order chi connectivity index (χ0) is 20.5. The standard InChI is InChI=1S/C24H23N3O3/c1-29-19-10-8-17(9-11-19)20-15-22(23-7-4-14-30-23)27(25-20)24(28)16-26-13-12-18-5-2-3-6-21(18)26/h2-11,14,22H,12-13,15-16H2,1H3/t22-/m1/s1. The molecule has 0 spiro atoms. The molecule has 30 heavy (non-hydrogen) atoms. The fourth-order valence-electron chi connectivity index (χ4n) is 4.21. The number of hydrogen-bond donors (Lipinski definition) is 0. The van der Waals surface area contributed by atoms with Gasteiger partial charge in [-0.1, -0.05) is 18.2 Å². The zero-order valence-corrected chi connectivity index (χ0v) is 16.8. The number of rotatable bonds is 5. The summed E-state index contributed by atoms with van der Waals surface area (Å²) in [6.07, 6.45) is 3.22. The summed E-state index contributed by atoms with van der Waals surface area (Å²) >= 11 is 0. The molecular weight excluding hydrogens is 378 g/mol. The number of benzene rings is 2. The number of carbonyl (C=O) groups is 1. The summed E-state index contributed by atoms with van der Waals surface area (Å²) in [6.45, 7) is 1.15. The molecule has 0 radical (unpaired) electrons. The number of para-hydroxylation sites is 1. The monoisotopic (exact) mass is 401 g/mol. The first-order chi connectivity index (χ1) is 14.7. The van der Waals surface area contributed by atoms with Gasteiger partial charge in [-0.25, -0.2) is 5.01 Å². The topological polar surface area (TPSA) is 58.3 Å². The summed E-state index contributed by atoms with van der Waals surface area (Å²) in [7, 11) is 1.64. The summed E-state index contributed by atoms with van der Waals surface area (Å²) in [5, 5.41) is 6.32. The lowest BCUT2D eigenvalue weighted by molar-refractivity contribution is -0.131. The highest BCUT2D eigenvalue weighted by Gasteiger charge is 2.36. The van der Waals surface area contributed by atoms with Crippen molar-refractivity contribution in [1.29, 1.82) is 0 Å². The maximum atomic E-state index is 13.3. The normalized spacial score (nSPS) is 17.8. The van der Waals surface area contributed by atoms with Gasteiger partial charge in [0.1, 0.15) is 17.6 Å². The highest BCUT2D eigenvalue weighted by atomic mass is 16.5. The van der Waals surface area contributed by atoms with E-state index in [2.05, 4.69) is 17.0 Å². The third-order valence-corrected chi connectivity index (χ3v) is 5.77. The molecule has 0 saturated carbocycles. The van der Waals surface area contributed by atoms with Gasteiger partial charge in [0.2, 0.25) is 0 Å². The van der Waals surface area contributed by atoms with Crippen LogP contribution in [-0.2, 0) is 11.2 Å². The van der Waals surface area contributed by atoms with Crippen molar-refractivity contribution in [2.24, 2.45) is 5.10 Å². The lowest BCUT2D eigenvalue weighted by Gasteiger charge is -2.24. The predicted octanol–water partition coefficient (Wildman–Crippen LogP) is 4.03. The van der Waals surface area contributed by atoms with Crippen molar-refractivity contribution >= 4 is 17.3 Å². The van der Waals surface area contributed by atoms with Gasteiger partial charge in [0.15, 0.2) is 0 Å². The van der Waals surface area contributed by atoms with Gasteiger partial charge >= 0.3 is 0 Å². The quantitative estimate of drug-likeness (QED) is 0.648. The van der Waals surface area contributed by atoms with Crippen molar-refractivity contribution in [2.45, 2.75) is 18.9 Å². The summed E-state index contributed by atoms with van der Waals surface area (Å²) in [5.74, 6) is 1.51. The molecule has 1 aromatic heterocycles. The molecule has 0 fully saturated rings. The first kappa shape index (κ1) is 18.5. The van der Waals surface area contributed by atoms with Crippen molar-refractivity contribution < 1.29 is 13.9 Å². The smallest absolute Gasteiger partial charge is 0.262 e. The molecule has 0 aliphatic carbocycles. The summed E-state index contributed by atoms with van der Waals surface area (Å²) in [5.41, 5.74) is 4.28. The number of carbonyl (C=O) groups excluding carboxylic acids is 1. The van der Waals surface area contributed by atoms with E-state index in [1.807, 2.05) is 48.5 Å². The van der Waals surface area contributed by atoms with Gasteiger partial charge in [-0.05, 0) is 60.0 Å². The second kappa shape index (κ2) is 7.71. The predicted molar refractivity (Wildman–Crippen MR) is 115 cm³/mol. The molecule has 0 bridgehead atoms. The largest absolute Gasteiger partial charge is 0.497 e. The molecule has 0 saturated heterocycles. The van der Waals surface area contributed by atoms with Crippen LogP contribution in [0.25, 0.3) is 0 Å². The van der Waals surface area contributed by atoms with Crippen LogP contribution in [0.3, 0.4) is 0 Å². The number of fused-ring (bicyclic) bond motifs is 1. The highest BCUT2D eigenvalue weighted by molar-refractivity contribution is 6.03. The molecule has 3 heterocycles. The van der Waals surface area contributed by atoms with E-state index in [1.165, 1.54) is 5.56 Å². The Labute approximate surface area is 175 Å². The number of anilines is 1. The van der Waals surface area contributed by atoms with Crippen molar-refractivity contribution in [3.05, 3.63) is 83.8 Å². The van der Waals surface area contributed by atoms with Crippen LogP contribution in [0, 0.1) is 0 Å². The number of methoxy groups -OCH3 is 1. The van der Waals surface area contributed by atoms with Gasteiger partial charge in [-0.15, -0.1) is 0 Å². The molecule has 6 nitrogen and oxygen atoms in total. The van der Waals surface area contributed by atoms with E-state index < -0.39 is 0 Å². The number of hydrogen-bond acceptors (Lipinski definition) is 5. The fraction of sp³-hybridized carbons (Fsp3) is 0.250. The molecule has 5 rings (SSSR count). The summed E-state index contributed by atoms with van der Waals surface area (Å²) < 4.78 is 10.9. The van der Waals surface area contributed by atoms with E-state index in [9.17, 15) is 4.79 Å². The van der Waals surface area contributed by atoms with Crippen molar-refractivity contribution in [3.63, 3.8) is 0 Å². The average molecular weight is 401 g/mol. The van der Waals surface area contributed by atoms with Crippen LogP contribution in [0.1, 0.15) is 29.3 Å². The third-order valence-electron chi connectivity index (χ3n) is 5.77. The number of hydrazone groups is 1. The number of furan rings is 1. The van der Waals surface area contributed by atoms with E-state index in [0.29, 0.717) is 13.0 Å². The van der Waals surface area contributed by atoms with E-state index >= 15 is 0 Å². The van der Waals surface area contributed by atoms with E-state index in [4.69, 9.17) is 14.3 Å². The van der Waals surface area contributed by atoms with Gasteiger partial charge < -0.3 is 14.1 Å². The van der Waals surface area contributed by atoms with Crippen LogP contribution in [0.15, 0.2) is 76.4 Å². The zero-order valence-electron chi connectivity index (χ0n) is 16.8. The molecule has 6 heteroatoms. The molecule has 2 aliphatic rings. The molecule has 152 valence electrons. The third kappa shape index (κ3) is 3.34. The summed E-state index contributed by atoms with van der Waals surface area (Å²) in [6, 6.07) is 19.5. The van der Waals surface area contributed by atoms with Crippen molar-refractivity contribution in [1.82, 2.24) is 5.01 Å². The van der Waals surface area contributed by atoms with Crippen molar-refractivity contribution in [2.75, 3.05) is 25.1 Å². The number of ether oxygens (including phenoxy) is 1. The maximum Gasteiger partial charge on any atom is 0.262 e. The SMILES string of the molecule is COc1ccc(C2=NN(C(=O)CN3CCc4ccccc43)[C@@H](c3ccco3)C2)cc1. The second-order valence-corrected chi connectivity index (χ2v) is 7.55. The molecular formula is C24H23N3O3. The van der Waals surface area contributed by atoms with Crippen molar-refractivity contribution in [3.8, 4) is 5.75 Å². The Morgan fingerprint density at radius 1 is 1.13 bits per heavy atom. The Bertz CT molecular complexity index is 1070. The van der Waals surface area contributed by atoms with E-state index in [0.717, 1.165) is 41.4 Å². The van der Waals surface area contributed by atoms with Gasteiger partial charge in [0.25, 0.3) is 5.91 Å². The molecule has 1 atom stereocenters. The van der Waals surface area contributed by atoms with Gasteiger partial charge in [-0.2, -0.15) is 5.10 Å². The molecule has 2 aliphatic heterocycles. The Kier molecular flexibility index (Phi) is 4.75. The molecule has 3 aromatic rings. The first-order valence-electron chi connectivity index (χ1n) is 10.1. The Hall–Kier alpha value is -3.54. The average Bonchev–Trinajstić information content (AvgIpc) is 3.53. The summed E-state index contributed by atoms with van der Waals surface area (Å²) in [4.78, 5) is 15.4. The van der Waals surface area contributed by atoms with Gasteiger partial charge in [0.05, 0.1) is 25.6 Å². The fourth-order valence-corrected chi connectivity index (χ4v) is 4.21. The first-order valence-corrected chi connectivity index (χ1v) is 10.1. The van der Waals surface area contributed by atoms with Crippen LogP contribution in [0.5, 0.6) is 5.75 Å². The lowest BCUT2D eigenvalue weighted by Crippen LogP contribution is -2.37. The lowest BCUT2D eigenvalue weighted by atomic mass is 10.0. The van der Waals surface area contributed by atoms with Crippen LogP contribution >= 0.6 is 0 Å². The Balaban J connectivity index is 1.41. The Morgan fingerprint density at radius 2 is 1.97 bits per heavy atom. The highest BCUT2D eigenvalue weighted by Crippen LogP contribution is 2.34. The van der Waals surface area contributed by atoms with Crippen LogP contribution in [0.4, 0.5) is 5.69 Å². The number of nitrogens with zero attached hydrogens (tertiary/aromatic N) is 3. The molecule has 0 unspecified atom stereocenters. The molecule has 0 N–H and O–H groups in total. The van der Waals surface area contributed by atoms with Gasteiger partial charge in [-0.3, -0.25) is 4.79 Å².